The van der Waals surface area contributed by atoms with Gasteiger partial charge in [0.2, 0.25) is 0 Å². The maximum absolute atomic E-state index is 14.0. The van der Waals surface area contributed by atoms with Crippen molar-refractivity contribution >= 4 is 28.1 Å². The number of likely N-dealkylation sites (tertiary alicyclic amines) is 1. The van der Waals surface area contributed by atoms with Crippen LogP contribution in [0.15, 0.2) is 29.6 Å². The summed E-state index contributed by atoms with van der Waals surface area (Å²) < 4.78 is 14.0. The first-order valence-corrected chi connectivity index (χ1v) is 10.8. The minimum atomic E-state index is -0.182. The summed E-state index contributed by atoms with van der Waals surface area (Å²) in [5, 5.41) is 5.65. The van der Waals surface area contributed by atoms with Gasteiger partial charge in [-0.1, -0.05) is 12.1 Å². The Morgan fingerprint density at radius 1 is 1.07 bits per heavy atom. The van der Waals surface area contributed by atoms with E-state index >= 15 is 0 Å². The van der Waals surface area contributed by atoms with Crippen LogP contribution < -0.4 is 15.1 Å². The number of amides is 1. The molecule has 2 aliphatic rings. The van der Waals surface area contributed by atoms with E-state index in [-0.39, 0.29) is 11.7 Å². The summed E-state index contributed by atoms with van der Waals surface area (Å²) in [6, 6.07) is 6.89. The molecule has 1 aromatic heterocycles. The lowest BCUT2D eigenvalue weighted by Gasteiger charge is -2.36. The first-order chi connectivity index (χ1) is 13.7. The first-order valence-electron chi connectivity index (χ1n) is 9.91. The maximum atomic E-state index is 14.0. The molecule has 0 saturated carbocycles. The quantitative estimate of drug-likeness (QED) is 0.803. The number of benzene rings is 1. The molecule has 0 radical (unpaired) electrons. The molecule has 0 aliphatic carbocycles. The predicted octanol–water partition coefficient (Wildman–Crippen LogP) is 2.43. The lowest BCUT2D eigenvalue weighted by molar-refractivity contribution is 0.0945. The number of thiazole rings is 1. The number of nitrogens with zero attached hydrogens (tertiary/aromatic N) is 4. The summed E-state index contributed by atoms with van der Waals surface area (Å²) >= 11 is 1.49. The second-order valence-electron chi connectivity index (χ2n) is 7.25. The molecule has 2 aliphatic heterocycles. The second kappa shape index (κ2) is 8.87. The van der Waals surface area contributed by atoms with Gasteiger partial charge < -0.3 is 20.0 Å². The molecule has 2 saturated heterocycles. The fourth-order valence-electron chi connectivity index (χ4n) is 3.78. The molecule has 0 spiro atoms. The Morgan fingerprint density at radius 3 is 2.54 bits per heavy atom. The second-order valence-corrected chi connectivity index (χ2v) is 8.08. The van der Waals surface area contributed by atoms with Gasteiger partial charge in [0.15, 0.2) is 5.13 Å². The van der Waals surface area contributed by atoms with Gasteiger partial charge in [-0.25, -0.2) is 9.37 Å². The van der Waals surface area contributed by atoms with Crippen molar-refractivity contribution in [3.63, 3.8) is 0 Å². The van der Waals surface area contributed by atoms with Crippen molar-refractivity contribution in [1.82, 2.24) is 15.2 Å². The van der Waals surface area contributed by atoms with Crippen LogP contribution in [0.2, 0.25) is 0 Å². The number of rotatable bonds is 6. The summed E-state index contributed by atoms with van der Waals surface area (Å²) in [4.78, 5) is 23.5. The predicted molar refractivity (Wildman–Crippen MR) is 111 cm³/mol. The zero-order valence-electron chi connectivity index (χ0n) is 15.9. The van der Waals surface area contributed by atoms with Gasteiger partial charge in [0, 0.05) is 44.6 Å². The van der Waals surface area contributed by atoms with E-state index in [1.54, 1.807) is 6.07 Å². The van der Waals surface area contributed by atoms with Gasteiger partial charge in [0.05, 0.1) is 5.69 Å². The Bertz CT molecular complexity index is 799. The number of carbonyl (C=O) groups excluding carboxylic acids is 1. The Morgan fingerprint density at radius 2 is 1.79 bits per heavy atom. The number of carbonyl (C=O) groups is 1. The fraction of sp³-hybridized carbons (Fsp3) is 0.500. The fourth-order valence-corrected chi connectivity index (χ4v) is 4.64. The normalized spacial score (nSPS) is 17.9. The van der Waals surface area contributed by atoms with Crippen LogP contribution in [0.4, 0.5) is 15.2 Å². The van der Waals surface area contributed by atoms with Gasteiger partial charge in [0.25, 0.3) is 5.91 Å². The zero-order chi connectivity index (χ0) is 19.3. The number of hydrogen-bond donors (Lipinski definition) is 1. The SMILES string of the molecule is O=C(NCCN1CCCC1)c1csc(N2CCN(c3ccccc3F)CC2)n1. The number of hydrogen-bond acceptors (Lipinski definition) is 6. The number of halogens is 1. The number of piperazine rings is 1. The molecule has 2 aromatic rings. The number of para-hydroxylation sites is 1. The smallest absolute Gasteiger partial charge is 0.270 e. The Kier molecular flexibility index (Phi) is 6.07. The Labute approximate surface area is 169 Å². The van der Waals surface area contributed by atoms with Crippen molar-refractivity contribution in [2.24, 2.45) is 0 Å². The van der Waals surface area contributed by atoms with Crippen LogP contribution in [0, 0.1) is 5.82 Å². The highest BCUT2D eigenvalue weighted by Gasteiger charge is 2.22. The molecule has 0 atom stereocenters. The Hall–Kier alpha value is -2.19. The average Bonchev–Trinajstić information content (AvgIpc) is 3.41. The zero-order valence-corrected chi connectivity index (χ0v) is 16.8. The molecule has 4 rings (SSSR count). The Balaban J connectivity index is 1.27. The van der Waals surface area contributed by atoms with Crippen LogP contribution >= 0.6 is 11.3 Å². The van der Waals surface area contributed by atoms with Gasteiger partial charge >= 0.3 is 0 Å². The third kappa shape index (κ3) is 4.44. The van der Waals surface area contributed by atoms with Crippen molar-refractivity contribution < 1.29 is 9.18 Å². The molecule has 150 valence electrons. The van der Waals surface area contributed by atoms with Crippen LogP contribution in [0.25, 0.3) is 0 Å². The third-order valence-electron chi connectivity index (χ3n) is 5.38. The summed E-state index contributed by atoms with van der Waals surface area (Å²) in [6.07, 6.45) is 2.52. The van der Waals surface area contributed by atoms with Crippen LogP contribution in [0.3, 0.4) is 0 Å². The molecule has 1 N–H and O–H groups in total. The highest BCUT2D eigenvalue weighted by molar-refractivity contribution is 7.13. The monoisotopic (exact) mass is 403 g/mol. The lowest BCUT2D eigenvalue weighted by atomic mass is 10.2. The molecule has 0 unspecified atom stereocenters. The highest BCUT2D eigenvalue weighted by Crippen LogP contribution is 2.25. The summed E-state index contributed by atoms with van der Waals surface area (Å²) in [7, 11) is 0. The number of anilines is 2. The van der Waals surface area contributed by atoms with E-state index in [2.05, 4.69) is 25.0 Å². The van der Waals surface area contributed by atoms with Gasteiger partial charge in [0.1, 0.15) is 11.5 Å². The van der Waals surface area contributed by atoms with Gasteiger partial charge in [-0.2, -0.15) is 0 Å². The van der Waals surface area contributed by atoms with E-state index in [0.717, 1.165) is 50.9 Å². The van der Waals surface area contributed by atoms with Crippen LogP contribution in [0.1, 0.15) is 23.3 Å². The van der Waals surface area contributed by atoms with Crippen molar-refractivity contribution in [1.29, 1.82) is 0 Å². The molecular formula is C20H26FN5OS. The van der Waals surface area contributed by atoms with Crippen LogP contribution in [0.5, 0.6) is 0 Å². The standard InChI is InChI=1S/C20H26FN5OS/c21-16-5-1-2-6-18(16)25-11-13-26(14-12-25)20-23-17(15-28-20)19(27)22-7-10-24-8-3-4-9-24/h1-2,5-6,15H,3-4,7-14H2,(H,22,27). The minimum Gasteiger partial charge on any atom is -0.366 e. The molecule has 0 bridgehead atoms. The van der Waals surface area contributed by atoms with Gasteiger partial charge in [-0.3, -0.25) is 4.79 Å². The highest BCUT2D eigenvalue weighted by atomic mass is 32.1. The lowest BCUT2D eigenvalue weighted by Crippen LogP contribution is -2.46. The summed E-state index contributed by atoms with van der Waals surface area (Å²) in [6.45, 7) is 6.82. The molecule has 8 heteroatoms. The number of nitrogens with one attached hydrogen (secondary N) is 1. The molecule has 28 heavy (non-hydrogen) atoms. The largest absolute Gasteiger partial charge is 0.366 e. The summed E-state index contributed by atoms with van der Waals surface area (Å²) in [5.74, 6) is -0.287. The van der Waals surface area contributed by atoms with Gasteiger partial charge in [-0.15, -0.1) is 11.3 Å². The number of aromatic nitrogens is 1. The average molecular weight is 404 g/mol. The van der Waals surface area contributed by atoms with Crippen molar-refractivity contribution in [3.8, 4) is 0 Å². The molecule has 6 nitrogen and oxygen atoms in total. The van der Waals surface area contributed by atoms with Crippen molar-refractivity contribution in [3.05, 3.63) is 41.2 Å². The summed E-state index contributed by atoms with van der Waals surface area (Å²) in [5.41, 5.74) is 1.14. The maximum Gasteiger partial charge on any atom is 0.270 e. The third-order valence-corrected chi connectivity index (χ3v) is 6.28. The first kappa shape index (κ1) is 19.1. The topological polar surface area (TPSA) is 51.7 Å². The van der Waals surface area contributed by atoms with Crippen molar-refractivity contribution in [2.75, 3.05) is 62.2 Å². The molecule has 1 amide bonds. The van der Waals surface area contributed by atoms with E-state index in [4.69, 9.17) is 0 Å². The molecule has 2 fully saturated rings. The molecular weight excluding hydrogens is 377 g/mol. The molecule has 1 aromatic carbocycles. The van der Waals surface area contributed by atoms with E-state index < -0.39 is 0 Å². The molecule has 3 heterocycles. The van der Waals surface area contributed by atoms with E-state index in [9.17, 15) is 9.18 Å². The van der Waals surface area contributed by atoms with Crippen LogP contribution in [-0.4, -0.2) is 68.1 Å². The van der Waals surface area contributed by atoms with Crippen LogP contribution in [-0.2, 0) is 0 Å². The van der Waals surface area contributed by atoms with E-state index in [1.165, 1.54) is 30.2 Å². The minimum absolute atomic E-state index is 0.105. The van der Waals surface area contributed by atoms with E-state index in [0.29, 0.717) is 17.9 Å². The van der Waals surface area contributed by atoms with Crippen molar-refractivity contribution in [2.45, 2.75) is 12.8 Å². The van der Waals surface area contributed by atoms with Gasteiger partial charge in [-0.05, 0) is 38.1 Å². The van der Waals surface area contributed by atoms with E-state index in [1.807, 2.05) is 17.5 Å².